The van der Waals surface area contributed by atoms with E-state index in [2.05, 4.69) is 4.98 Å². The first-order chi connectivity index (χ1) is 9.88. The zero-order chi connectivity index (χ0) is 15.5. The van der Waals surface area contributed by atoms with Gasteiger partial charge in [-0.3, -0.25) is 0 Å². The van der Waals surface area contributed by atoms with Crippen LogP contribution in [0.25, 0.3) is 6.08 Å². The van der Waals surface area contributed by atoms with Gasteiger partial charge in [-0.2, -0.15) is 4.31 Å². The molecule has 7 heteroatoms. The van der Waals surface area contributed by atoms with Crippen molar-refractivity contribution in [3.05, 3.63) is 56.3 Å². The van der Waals surface area contributed by atoms with E-state index >= 15 is 0 Å². The number of halogens is 1. The van der Waals surface area contributed by atoms with Crippen molar-refractivity contribution >= 4 is 39.0 Å². The lowest BCUT2D eigenvalue weighted by Gasteiger charge is -2.12. The fraction of sp³-hybridized carbons (Fsp3) is 0.214. The molecule has 0 atom stereocenters. The van der Waals surface area contributed by atoms with Crippen LogP contribution >= 0.6 is 22.9 Å². The van der Waals surface area contributed by atoms with Crippen molar-refractivity contribution in [1.29, 1.82) is 0 Å². The Morgan fingerprint density at radius 2 is 2.10 bits per heavy atom. The van der Waals surface area contributed by atoms with Gasteiger partial charge in [0.2, 0.25) is 10.0 Å². The van der Waals surface area contributed by atoms with Gasteiger partial charge in [0.05, 0.1) is 17.2 Å². The highest BCUT2D eigenvalue weighted by molar-refractivity contribution is 7.92. The molecule has 0 spiro atoms. The molecule has 0 fully saturated rings. The Morgan fingerprint density at radius 1 is 1.38 bits per heavy atom. The number of aryl methyl sites for hydroxylation is 1. The summed E-state index contributed by atoms with van der Waals surface area (Å²) >= 11 is 7.50. The molecule has 2 rings (SSSR count). The number of benzene rings is 1. The van der Waals surface area contributed by atoms with Gasteiger partial charge in [-0.25, -0.2) is 13.4 Å². The summed E-state index contributed by atoms with van der Waals surface area (Å²) in [4.78, 5) is 4.26. The summed E-state index contributed by atoms with van der Waals surface area (Å²) in [5, 5.41) is 4.45. The highest BCUT2D eigenvalue weighted by Gasteiger charge is 2.15. The molecule has 0 radical (unpaired) electrons. The average Bonchev–Trinajstić information content (AvgIpc) is 2.83. The minimum absolute atomic E-state index is 0.250. The Morgan fingerprint density at radius 3 is 2.71 bits per heavy atom. The topological polar surface area (TPSA) is 50.3 Å². The summed E-state index contributed by atoms with van der Waals surface area (Å²) in [7, 11) is -1.98. The lowest BCUT2D eigenvalue weighted by Crippen LogP contribution is -2.24. The fourth-order valence-electron chi connectivity index (χ4n) is 1.67. The van der Waals surface area contributed by atoms with Gasteiger partial charge in [-0.05, 0) is 24.6 Å². The predicted molar refractivity (Wildman–Crippen MR) is 87.7 cm³/mol. The van der Waals surface area contributed by atoms with E-state index in [-0.39, 0.29) is 6.54 Å². The molecule has 1 aromatic carbocycles. The lowest BCUT2D eigenvalue weighted by atomic mass is 10.2. The molecular weight excluding hydrogens is 328 g/mol. The number of thiazole rings is 1. The first-order valence-electron chi connectivity index (χ1n) is 6.18. The van der Waals surface area contributed by atoms with Crippen molar-refractivity contribution in [2.75, 3.05) is 7.05 Å². The zero-order valence-corrected chi connectivity index (χ0v) is 14.0. The molecule has 0 saturated heterocycles. The summed E-state index contributed by atoms with van der Waals surface area (Å²) in [6, 6.07) is 7.08. The number of rotatable bonds is 5. The smallest absolute Gasteiger partial charge is 0.236 e. The van der Waals surface area contributed by atoms with Crippen LogP contribution < -0.4 is 0 Å². The van der Waals surface area contributed by atoms with E-state index < -0.39 is 10.0 Å². The molecule has 2 aromatic rings. The summed E-state index contributed by atoms with van der Waals surface area (Å²) in [5.41, 5.74) is 1.41. The molecule has 0 saturated carbocycles. The maximum absolute atomic E-state index is 12.2. The molecule has 112 valence electrons. The number of hydrogen-bond donors (Lipinski definition) is 0. The monoisotopic (exact) mass is 342 g/mol. The molecule has 0 bridgehead atoms. The quantitative estimate of drug-likeness (QED) is 0.835. The van der Waals surface area contributed by atoms with Crippen molar-refractivity contribution in [2.45, 2.75) is 13.5 Å². The Kier molecular flexibility index (Phi) is 5.16. The number of aromatic nitrogens is 1. The van der Waals surface area contributed by atoms with E-state index in [0.717, 1.165) is 16.1 Å². The fourth-order valence-corrected chi connectivity index (χ4v) is 3.31. The standard InChI is InChI=1S/C14H15ClN2O2S2/c1-11-16-13(10-20-11)9-17(2)21(18,19)8-7-12-5-3-4-6-14(12)15/h3-8,10H,9H2,1-2H3/b8-7-. The van der Waals surface area contributed by atoms with Gasteiger partial charge in [0, 0.05) is 22.9 Å². The van der Waals surface area contributed by atoms with Crippen LogP contribution in [0.4, 0.5) is 0 Å². The van der Waals surface area contributed by atoms with Gasteiger partial charge >= 0.3 is 0 Å². The van der Waals surface area contributed by atoms with Gasteiger partial charge in [-0.1, -0.05) is 29.8 Å². The summed E-state index contributed by atoms with van der Waals surface area (Å²) < 4.78 is 25.7. The van der Waals surface area contributed by atoms with Crippen molar-refractivity contribution in [3.63, 3.8) is 0 Å². The molecular formula is C14H15ClN2O2S2. The zero-order valence-electron chi connectivity index (χ0n) is 11.7. The van der Waals surface area contributed by atoms with E-state index in [0.29, 0.717) is 10.6 Å². The van der Waals surface area contributed by atoms with Crippen molar-refractivity contribution < 1.29 is 8.42 Å². The molecule has 0 aliphatic carbocycles. The minimum atomic E-state index is -3.51. The van der Waals surface area contributed by atoms with E-state index in [9.17, 15) is 8.42 Å². The summed E-state index contributed by atoms with van der Waals surface area (Å²) in [6.45, 7) is 2.14. The van der Waals surface area contributed by atoms with Gasteiger partial charge < -0.3 is 0 Å². The second-order valence-electron chi connectivity index (χ2n) is 4.48. The Hall–Kier alpha value is -1.21. The normalized spacial score (nSPS) is 12.4. The third-order valence-corrected chi connectivity index (χ3v) is 5.45. The van der Waals surface area contributed by atoms with Crippen LogP contribution in [-0.2, 0) is 16.6 Å². The summed E-state index contributed by atoms with van der Waals surface area (Å²) in [5.74, 6) is 0. The Bertz CT molecular complexity index is 754. The minimum Gasteiger partial charge on any atom is -0.245 e. The number of hydrogen-bond acceptors (Lipinski definition) is 4. The van der Waals surface area contributed by atoms with E-state index in [1.165, 1.54) is 28.8 Å². The van der Waals surface area contributed by atoms with Crippen LogP contribution in [0.2, 0.25) is 5.02 Å². The highest BCUT2D eigenvalue weighted by Crippen LogP contribution is 2.18. The van der Waals surface area contributed by atoms with E-state index in [4.69, 9.17) is 11.6 Å². The van der Waals surface area contributed by atoms with Gasteiger partial charge in [0.1, 0.15) is 0 Å². The van der Waals surface area contributed by atoms with Gasteiger partial charge in [0.25, 0.3) is 0 Å². The van der Waals surface area contributed by atoms with Crippen LogP contribution in [-0.4, -0.2) is 24.8 Å². The van der Waals surface area contributed by atoms with Crippen molar-refractivity contribution in [1.82, 2.24) is 9.29 Å². The second-order valence-corrected chi connectivity index (χ2v) is 7.88. The third kappa shape index (κ3) is 4.38. The van der Waals surface area contributed by atoms with E-state index in [1.807, 2.05) is 12.3 Å². The van der Waals surface area contributed by atoms with Gasteiger partial charge in [-0.15, -0.1) is 11.3 Å². The van der Waals surface area contributed by atoms with Crippen molar-refractivity contribution in [3.8, 4) is 0 Å². The molecule has 1 aromatic heterocycles. The lowest BCUT2D eigenvalue weighted by molar-refractivity contribution is 0.471. The SMILES string of the molecule is Cc1nc(CN(C)S(=O)(=O)/C=C\c2ccccc2Cl)cs1. The molecule has 0 aliphatic heterocycles. The number of sulfonamides is 1. The largest absolute Gasteiger partial charge is 0.245 e. The second kappa shape index (κ2) is 6.70. The Balaban J connectivity index is 2.12. The van der Waals surface area contributed by atoms with Crippen LogP contribution in [0, 0.1) is 6.92 Å². The van der Waals surface area contributed by atoms with Gasteiger partial charge in [0.15, 0.2) is 0 Å². The molecule has 1 heterocycles. The Labute approximate surface area is 133 Å². The molecule has 0 aliphatic rings. The molecule has 4 nitrogen and oxygen atoms in total. The molecule has 0 unspecified atom stereocenters. The van der Waals surface area contributed by atoms with Crippen LogP contribution in [0.15, 0.2) is 35.1 Å². The third-order valence-electron chi connectivity index (χ3n) is 2.81. The first kappa shape index (κ1) is 16.2. The molecule has 0 amide bonds. The highest BCUT2D eigenvalue weighted by atomic mass is 35.5. The van der Waals surface area contributed by atoms with Crippen molar-refractivity contribution in [2.24, 2.45) is 0 Å². The maximum Gasteiger partial charge on any atom is 0.236 e. The number of nitrogens with zero attached hydrogens (tertiary/aromatic N) is 2. The van der Waals surface area contributed by atoms with Crippen LogP contribution in [0.1, 0.15) is 16.3 Å². The maximum atomic E-state index is 12.2. The first-order valence-corrected chi connectivity index (χ1v) is 8.94. The average molecular weight is 343 g/mol. The van der Waals surface area contributed by atoms with Crippen LogP contribution in [0.3, 0.4) is 0 Å². The summed E-state index contributed by atoms with van der Waals surface area (Å²) in [6.07, 6.45) is 1.50. The molecule has 21 heavy (non-hydrogen) atoms. The van der Waals surface area contributed by atoms with E-state index in [1.54, 1.807) is 24.3 Å². The van der Waals surface area contributed by atoms with Crippen LogP contribution in [0.5, 0.6) is 0 Å². The molecule has 0 N–H and O–H groups in total. The predicted octanol–water partition coefficient (Wildman–Crippen LogP) is 3.54.